The molecular formula is C15H15N5OS. The highest BCUT2D eigenvalue weighted by molar-refractivity contribution is 7.84. The van der Waals surface area contributed by atoms with Crippen LogP contribution in [0, 0.1) is 0 Å². The van der Waals surface area contributed by atoms with Crippen LogP contribution in [0.3, 0.4) is 0 Å². The Bertz CT molecular complexity index is 790. The molecule has 1 saturated carbocycles. The molecule has 22 heavy (non-hydrogen) atoms. The molecule has 0 aliphatic heterocycles. The summed E-state index contributed by atoms with van der Waals surface area (Å²) in [5, 5.41) is 11.6. The molecule has 0 amide bonds. The number of nitrogens with zero attached hydrogens (tertiary/aromatic N) is 4. The number of rotatable bonds is 5. The third-order valence-electron chi connectivity index (χ3n) is 3.65. The number of nitrogens with one attached hydrogen (secondary N) is 1. The van der Waals surface area contributed by atoms with Crippen LogP contribution in [0.1, 0.15) is 30.1 Å². The second kappa shape index (κ2) is 5.49. The molecule has 0 spiro atoms. The summed E-state index contributed by atoms with van der Waals surface area (Å²) >= 11 is 0. The summed E-state index contributed by atoms with van der Waals surface area (Å²) in [4.78, 5) is 4.35. The van der Waals surface area contributed by atoms with Gasteiger partial charge in [0.1, 0.15) is 5.82 Å². The van der Waals surface area contributed by atoms with Gasteiger partial charge in [-0.05, 0) is 36.6 Å². The maximum atomic E-state index is 12.3. The molecule has 2 heterocycles. The van der Waals surface area contributed by atoms with Crippen molar-refractivity contribution < 1.29 is 4.21 Å². The molecule has 0 bridgehead atoms. The fourth-order valence-electron chi connectivity index (χ4n) is 2.28. The molecule has 1 aliphatic carbocycles. The molecule has 1 N–H and O–H groups in total. The molecule has 0 saturated heterocycles. The molecule has 2 aromatic heterocycles. The first-order valence-corrected chi connectivity index (χ1v) is 8.51. The zero-order valence-corrected chi connectivity index (χ0v) is 12.7. The normalized spacial score (nSPS) is 15.8. The van der Waals surface area contributed by atoms with Crippen LogP contribution in [0.15, 0.2) is 47.9 Å². The van der Waals surface area contributed by atoms with Crippen LogP contribution in [0.5, 0.6) is 0 Å². The van der Waals surface area contributed by atoms with Crippen molar-refractivity contribution in [3.05, 3.63) is 54.1 Å². The third kappa shape index (κ3) is 2.71. The Morgan fingerprint density at radius 3 is 2.77 bits per heavy atom. The summed E-state index contributed by atoms with van der Waals surface area (Å²) in [6, 6.07) is 9.73. The molecule has 3 aromatic rings. The Kier molecular flexibility index (Phi) is 3.34. The topological polar surface area (TPSA) is 76.5 Å². The number of H-pyrrole nitrogens is 1. The predicted molar refractivity (Wildman–Crippen MR) is 82.0 cm³/mol. The van der Waals surface area contributed by atoms with E-state index in [1.165, 1.54) is 0 Å². The van der Waals surface area contributed by atoms with Gasteiger partial charge in [0.05, 0.1) is 22.2 Å². The van der Waals surface area contributed by atoms with Crippen LogP contribution in [-0.2, 0) is 16.6 Å². The Morgan fingerprint density at radius 1 is 1.27 bits per heavy atom. The summed E-state index contributed by atoms with van der Waals surface area (Å²) < 4.78 is 14.1. The van der Waals surface area contributed by atoms with Crippen molar-refractivity contribution >= 4 is 10.8 Å². The monoisotopic (exact) mass is 313 g/mol. The van der Waals surface area contributed by atoms with Crippen molar-refractivity contribution in [2.45, 2.75) is 29.7 Å². The van der Waals surface area contributed by atoms with E-state index >= 15 is 0 Å². The minimum Gasteiger partial charge on any atom is -0.262 e. The number of hydrogen-bond donors (Lipinski definition) is 1. The summed E-state index contributed by atoms with van der Waals surface area (Å²) in [6.07, 6.45) is 5.93. The van der Waals surface area contributed by atoms with Gasteiger partial charge in [0, 0.05) is 18.3 Å². The van der Waals surface area contributed by atoms with Crippen LogP contribution in [0.25, 0.3) is 5.69 Å². The Hall–Kier alpha value is -2.28. The number of aromatic nitrogens is 5. The second-order valence-corrected chi connectivity index (χ2v) is 6.73. The van der Waals surface area contributed by atoms with E-state index in [4.69, 9.17) is 0 Å². The SMILES string of the molecule is O=[S@](Cc1ccc(-n2cccn2)cc1)c1n[nH]c(C2CC2)n1. The molecule has 1 aliphatic rings. The van der Waals surface area contributed by atoms with Crippen molar-refractivity contribution in [2.75, 3.05) is 0 Å². The Labute approximate surface area is 130 Å². The van der Waals surface area contributed by atoms with Crippen molar-refractivity contribution in [3.63, 3.8) is 0 Å². The van der Waals surface area contributed by atoms with Gasteiger partial charge in [0.15, 0.2) is 0 Å². The first-order chi connectivity index (χ1) is 10.8. The molecule has 6 nitrogen and oxygen atoms in total. The quantitative estimate of drug-likeness (QED) is 0.783. The Morgan fingerprint density at radius 2 is 2.09 bits per heavy atom. The van der Waals surface area contributed by atoms with Crippen molar-refractivity contribution in [2.24, 2.45) is 0 Å². The highest BCUT2D eigenvalue weighted by atomic mass is 32.2. The van der Waals surface area contributed by atoms with E-state index in [9.17, 15) is 4.21 Å². The summed E-state index contributed by atoms with van der Waals surface area (Å²) in [5.74, 6) is 1.78. The van der Waals surface area contributed by atoms with E-state index < -0.39 is 10.8 Å². The maximum Gasteiger partial charge on any atom is 0.239 e. The van der Waals surface area contributed by atoms with E-state index in [-0.39, 0.29) is 0 Å². The van der Waals surface area contributed by atoms with Crippen LogP contribution in [-0.4, -0.2) is 29.2 Å². The molecule has 1 aromatic carbocycles. The fraction of sp³-hybridized carbons (Fsp3) is 0.267. The molecule has 0 unspecified atom stereocenters. The van der Waals surface area contributed by atoms with Crippen LogP contribution in [0.4, 0.5) is 0 Å². The van der Waals surface area contributed by atoms with Crippen molar-refractivity contribution in [3.8, 4) is 5.69 Å². The van der Waals surface area contributed by atoms with Gasteiger partial charge < -0.3 is 0 Å². The summed E-state index contributed by atoms with van der Waals surface area (Å²) in [6.45, 7) is 0. The van der Waals surface area contributed by atoms with Gasteiger partial charge in [-0.3, -0.25) is 9.31 Å². The predicted octanol–water partition coefficient (Wildman–Crippen LogP) is 2.18. The van der Waals surface area contributed by atoms with Crippen molar-refractivity contribution in [1.82, 2.24) is 25.0 Å². The number of hydrogen-bond acceptors (Lipinski definition) is 4. The van der Waals surface area contributed by atoms with Gasteiger partial charge >= 0.3 is 0 Å². The summed E-state index contributed by atoms with van der Waals surface area (Å²) in [5.41, 5.74) is 1.97. The van der Waals surface area contributed by atoms with Crippen LogP contribution in [0.2, 0.25) is 0 Å². The first-order valence-electron chi connectivity index (χ1n) is 7.19. The van der Waals surface area contributed by atoms with Crippen LogP contribution >= 0.6 is 0 Å². The smallest absolute Gasteiger partial charge is 0.239 e. The minimum atomic E-state index is -1.22. The lowest BCUT2D eigenvalue weighted by atomic mass is 10.2. The highest BCUT2D eigenvalue weighted by Gasteiger charge is 2.27. The lowest BCUT2D eigenvalue weighted by Crippen LogP contribution is -2.00. The molecular weight excluding hydrogens is 298 g/mol. The van der Waals surface area contributed by atoms with E-state index in [0.717, 1.165) is 29.9 Å². The van der Waals surface area contributed by atoms with Gasteiger partial charge in [-0.1, -0.05) is 12.1 Å². The second-order valence-electron chi connectivity index (χ2n) is 5.38. The molecule has 4 rings (SSSR count). The number of benzene rings is 1. The average molecular weight is 313 g/mol. The maximum absolute atomic E-state index is 12.3. The molecule has 1 atom stereocenters. The Balaban J connectivity index is 1.46. The highest BCUT2D eigenvalue weighted by Crippen LogP contribution is 2.37. The fourth-order valence-corrected chi connectivity index (χ4v) is 3.25. The van der Waals surface area contributed by atoms with Gasteiger partial charge in [0.2, 0.25) is 5.16 Å². The van der Waals surface area contributed by atoms with Gasteiger partial charge in [-0.25, -0.2) is 9.67 Å². The summed E-state index contributed by atoms with van der Waals surface area (Å²) in [7, 11) is -1.22. The molecule has 7 heteroatoms. The van der Waals surface area contributed by atoms with E-state index in [1.807, 2.05) is 36.5 Å². The molecule has 1 fully saturated rings. The lowest BCUT2D eigenvalue weighted by Gasteiger charge is -2.03. The minimum absolute atomic E-state index is 0.401. The largest absolute Gasteiger partial charge is 0.262 e. The average Bonchev–Trinajstić information content (AvgIpc) is 3.05. The van der Waals surface area contributed by atoms with E-state index in [1.54, 1.807) is 10.9 Å². The first kappa shape index (κ1) is 13.4. The van der Waals surface area contributed by atoms with Gasteiger partial charge in [0.25, 0.3) is 0 Å². The van der Waals surface area contributed by atoms with Gasteiger partial charge in [-0.15, -0.1) is 5.10 Å². The standard InChI is InChI=1S/C15H15N5OS/c21-22(15-17-14(18-19-15)12-4-5-12)10-11-2-6-13(7-3-11)20-9-1-8-16-20/h1-3,6-9,12H,4-5,10H2,(H,17,18,19)/t22-/m1/s1. The van der Waals surface area contributed by atoms with E-state index in [0.29, 0.717) is 16.8 Å². The lowest BCUT2D eigenvalue weighted by molar-refractivity contribution is 0.675. The van der Waals surface area contributed by atoms with Gasteiger partial charge in [-0.2, -0.15) is 5.10 Å². The molecule has 112 valence electrons. The zero-order chi connectivity index (χ0) is 14.9. The van der Waals surface area contributed by atoms with E-state index in [2.05, 4.69) is 20.3 Å². The molecule has 0 radical (unpaired) electrons. The van der Waals surface area contributed by atoms with Crippen molar-refractivity contribution in [1.29, 1.82) is 0 Å². The van der Waals surface area contributed by atoms with Crippen LogP contribution < -0.4 is 0 Å². The number of aromatic amines is 1. The zero-order valence-electron chi connectivity index (χ0n) is 11.8. The third-order valence-corrected chi connectivity index (χ3v) is 4.84.